The number of benzene rings is 1. The van der Waals surface area contributed by atoms with Crippen LogP contribution < -0.4 is 5.32 Å². The fraction of sp³-hybridized carbons (Fsp3) is 0.455. The minimum Gasteiger partial charge on any atom is -0.394 e. The Labute approximate surface area is 99.2 Å². The first-order valence-corrected chi connectivity index (χ1v) is 5.78. The summed E-state index contributed by atoms with van der Waals surface area (Å²) in [4.78, 5) is 0. The van der Waals surface area contributed by atoms with Gasteiger partial charge in [-0.2, -0.15) is 0 Å². The molecular weight excluding hydrogens is 233 g/mol. The summed E-state index contributed by atoms with van der Waals surface area (Å²) in [5, 5.41) is 13.9. The van der Waals surface area contributed by atoms with Crippen LogP contribution in [0.2, 0.25) is 10.0 Å². The lowest BCUT2D eigenvalue weighted by atomic mass is 10.1. The molecule has 1 aliphatic rings. The molecule has 0 saturated heterocycles. The van der Waals surface area contributed by atoms with Crippen LogP contribution >= 0.6 is 23.2 Å². The number of aliphatic hydroxyl groups excluding tert-OH is 1. The van der Waals surface area contributed by atoms with E-state index in [1.807, 2.05) is 6.07 Å². The first-order valence-electron chi connectivity index (χ1n) is 5.02. The molecule has 0 radical (unpaired) electrons. The topological polar surface area (TPSA) is 32.3 Å². The van der Waals surface area contributed by atoms with Crippen LogP contribution in [0.25, 0.3) is 0 Å². The highest BCUT2D eigenvalue weighted by atomic mass is 35.5. The maximum atomic E-state index is 9.30. The molecule has 0 spiro atoms. The van der Waals surface area contributed by atoms with E-state index < -0.39 is 0 Å². The van der Waals surface area contributed by atoms with Gasteiger partial charge in [0.15, 0.2) is 0 Å². The van der Waals surface area contributed by atoms with Crippen molar-refractivity contribution in [2.75, 3.05) is 6.61 Å². The van der Waals surface area contributed by atoms with Crippen LogP contribution in [0.5, 0.6) is 0 Å². The largest absolute Gasteiger partial charge is 0.394 e. The van der Waals surface area contributed by atoms with E-state index in [4.69, 9.17) is 23.2 Å². The van der Waals surface area contributed by atoms with Gasteiger partial charge < -0.3 is 10.4 Å². The summed E-state index contributed by atoms with van der Waals surface area (Å²) in [6, 6.07) is 5.81. The molecule has 82 valence electrons. The molecule has 0 aromatic heterocycles. The van der Waals surface area contributed by atoms with Crippen LogP contribution in [0, 0.1) is 0 Å². The smallest absolute Gasteiger partial charge is 0.0627 e. The summed E-state index contributed by atoms with van der Waals surface area (Å²) in [6.07, 6.45) is 2.36. The van der Waals surface area contributed by atoms with Crippen molar-refractivity contribution in [3.63, 3.8) is 0 Å². The zero-order chi connectivity index (χ0) is 10.8. The van der Waals surface area contributed by atoms with Crippen molar-refractivity contribution in [2.24, 2.45) is 0 Å². The van der Waals surface area contributed by atoms with Crippen LogP contribution in [0.3, 0.4) is 0 Å². The molecule has 0 heterocycles. The SMILES string of the molecule is OCC(NC1CC1)c1ccc(Cl)cc1Cl. The van der Waals surface area contributed by atoms with E-state index in [1.54, 1.807) is 12.1 Å². The van der Waals surface area contributed by atoms with Gasteiger partial charge in [-0.3, -0.25) is 0 Å². The quantitative estimate of drug-likeness (QED) is 0.856. The van der Waals surface area contributed by atoms with Gasteiger partial charge in [0.1, 0.15) is 0 Å². The summed E-state index contributed by atoms with van der Waals surface area (Å²) >= 11 is 11.9. The lowest BCUT2D eigenvalue weighted by Crippen LogP contribution is -2.26. The third-order valence-corrected chi connectivity index (χ3v) is 3.10. The van der Waals surface area contributed by atoms with Crippen LogP contribution in [0.4, 0.5) is 0 Å². The fourth-order valence-electron chi connectivity index (χ4n) is 1.56. The number of hydrogen-bond donors (Lipinski definition) is 2. The summed E-state index contributed by atoms with van der Waals surface area (Å²) < 4.78 is 0. The summed E-state index contributed by atoms with van der Waals surface area (Å²) in [7, 11) is 0. The van der Waals surface area contributed by atoms with E-state index in [0.717, 1.165) is 5.56 Å². The van der Waals surface area contributed by atoms with E-state index in [1.165, 1.54) is 12.8 Å². The molecule has 0 bridgehead atoms. The van der Waals surface area contributed by atoms with Gasteiger partial charge in [0.2, 0.25) is 0 Å². The summed E-state index contributed by atoms with van der Waals surface area (Å²) in [5.74, 6) is 0. The second kappa shape index (κ2) is 4.71. The Morgan fingerprint density at radius 1 is 1.40 bits per heavy atom. The molecule has 1 saturated carbocycles. The molecule has 1 unspecified atom stereocenters. The van der Waals surface area contributed by atoms with E-state index in [2.05, 4.69) is 5.32 Å². The Hall–Kier alpha value is -0.280. The fourth-order valence-corrected chi connectivity index (χ4v) is 2.10. The lowest BCUT2D eigenvalue weighted by molar-refractivity contribution is 0.243. The summed E-state index contributed by atoms with van der Waals surface area (Å²) in [5.41, 5.74) is 0.912. The second-order valence-corrected chi connectivity index (χ2v) is 4.69. The van der Waals surface area contributed by atoms with Gasteiger partial charge in [-0.05, 0) is 30.5 Å². The van der Waals surface area contributed by atoms with E-state index >= 15 is 0 Å². The highest BCUT2D eigenvalue weighted by Crippen LogP contribution is 2.29. The van der Waals surface area contributed by atoms with Gasteiger partial charge in [-0.25, -0.2) is 0 Å². The monoisotopic (exact) mass is 245 g/mol. The van der Waals surface area contributed by atoms with E-state index in [-0.39, 0.29) is 12.6 Å². The Morgan fingerprint density at radius 2 is 2.13 bits per heavy atom. The Kier molecular flexibility index (Phi) is 3.52. The molecule has 2 rings (SSSR count). The molecule has 2 nitrogen and oxygen atoms in total. The molecule has 4 heteroatoms. The van der Waals surface area contributed by atoms with Crippen molar-refractivity contribution in [3.05, 3.63) is 33.8 Å². The number of rotatable bonds is 4. The predicted molar refractivity (Wildman–Crippen MR) is 62.4 cm³/mol. The summed E-state index contributed by atoms with van der Waals surface area (Å²) in [6.45, 7) is 0.0534. The molecular formula is C11H13Cl2NO. The minimum atomic E-state index is -0.0812. The zero-order valence-corrected chi connectivity index (χ0v) is 9.72. The standard InChI is InChI=1S/C11H13Cl2NO/c12-7-1-4-9(10(13)5-7)11(6-15)14-8-2-3-8/h1,4-5,8,11,14-15H,2-3,6H2. The first-order chi connectivity index (χ1) is 7.20. The number of halogens is 2. The maximum Gasteiger partial charge on any atom is 0.0627 e. The van der Waals surface area contributed by atoms with Crippen LogP contribution in [-0.2, 0) is 0 Å². The highest BCUT2D eigenvalue weighted by molar-refractivity contribution is 6.35. The van der Waals surface area contributed by atoms with Crippen molar-refractivity contribution < 1.29 is 5.11 Å². The van der Waals surface area contributed by atoms with Crippen molar-refractivity contribution in [1.82, 2.24) is 5.32 Å². The van der Waals surface area contributed by atoms with Crippen LogP contribution in [-0.4, -0.2) is 17.8 Å². The van der Waals surface area contributed by atoms with Crippen molar-refractivity contribution in [1.29, 1.82) is 0 Å². The van der Waals surface area contributed by atoms with Gasteiger partial charge in [0.05, 0.1) is 12.6 Å². The molecule has 0 amide bonds. The van der Waals surface area contributed by atoms with Gasteiger partial charge in [-0.15, -0.1) is 0 Å². The zero-order valence-electron chi connectivity index (χ0n) is 8.21. The molecule has 1 fully saturated rings. The number of nitrogens with one attached hydrogen (secondary N) is 1. The van der Waals surface area contributed by atoms with Crippen LogP contribution in [0.1, 0.15) is 24.4 Å². The van der Waals surface area contributed by atoms with Crippen LogP contribution in [0.15, 0.2) is 18.2 Å². The normalized spacial score (nSPS) is 17.8. The number of aliphatic hydroxyl groups is 1. The Morgan fingerprint density at radius 3 is 2.67 bits per heavy atom. The Balaban J connectivity index is 2.16. The van der Waals surface area contributed by atoms with E-state index in [9.17, 15) is 5.11 Å². The molecule has 1 atom stereocenters. The molecule has 0 aliphatic heterocycles. The first kappa shape index (κ1) is 11.2. The third-order valence-electron chi connectivity index (χ3n) is 2.53. The average molecular weight is 246 g/mol. The van der Waals surface area contributed by atoms with Gasteiger partial charge in [0, 0.05) is 16.1 Å². The molecule has 1 aromatic carbocycles. The highest BCUT2D eigenvalue weighted by Gasteiger charge is 2.25. The average Bonchev–Trinajstić information content (AvgIpc) is 2.99. The van der Waals surface area contributed by atoms with Gasteiger partial charge in [0.25, 0.3) is 0 Å². The number of hydrogen-bond acceptors (Lipinski definition) is 2. The van der Waals surface area contributed by atoms with Crippen molar-refractivity contribution >= 4 is 23.2 Å². The molecule has 15 heavy (non-hydrogen) atoms. The third kappa shape index (κ3) is 2.85. The molecule has 1 aliphatic carbocycles. The Bertz CT molecular complexity index is 352. The maximum absolute atomic E-state index is 9.30. The minimum absolute atomic E-state index is 0.0534. The molecule has 2 N–H and O–H groups in total. The molecule has 1 aromatic rings. The van der Waals surface area contributed by atoms with Gasteiger partial charge >= 0.3 is 0 Å². The predicted octanol–water partition coefficient (Wildman–Crippen LogP) is 2.78. The van der Waals surface area contributed by atoms with Crippen molar-refractivity contribution in [2.45, 2.75) is 24.9 Å². The second-order valence-electron chi connectivity index (χ2n) is 3.84. The van der Waals surface area contributed by atoms with Gasteiger partial charge in [-0.1, -0.05) is 29.3 Å². The van der Waals surface area contributed by atoms with E-state index in [0.29, 0.717) is 16.1 Å². The lowest BCUT2D eigenvalue weighted by Gasteiger charge is -2.17. The van der Waals surface area contributed by atoms with Crippen molar-refractivity contribution in [3.8, 4) is 0 Å².